The molecule has 0 bridgehead atoms. The fourth-order valence-electron chi connectivity index (χ4n) is 1.90. The minimum absolute atomic E-state index is 0.668. The SMILES string of the molecule is O=Cc1ccc(Sc2cc3ccccc3[nH]2)cc1Br. The van der Waals surface area contributed by atoms with Crippen molar-refractivity contribution in [2.75, 3.05) is 0 Å². The van der Waals surface area contributed by atoms with E-state index in [1.165, 1.54) is 5.39 Å². The molecule has 1 heterocycles. The molecular weight excluding hydrogens is 322 g/mol. The van der Waals surface area contributed by atoms with Gasteiger partial charge in [0.2, 0.25) is 0 Å². The number of aromatic amines is 1. The molecule has 0 unspecified atom stereocenters. The van der Waals surface area contributed by atoms with Gasteiger partial charge < -0.3 is 4.98 Å². The van der Waals surface area contributed by atoms with Gasteiger partial charge in [0.15, 0.2) is 6.29 Å². The second-order valence-corrected chi connectivity index (χ2v) is 6.09. The molecule has 0 spiro atoms. The number of carbonyl (C=O) groups is 1. The molecule has 94 valence electrons. The molecule has 1 aromatic heterocycles. The van der Waals surface area contributed by atoms with Crippen LogP contribution in [0.1, 0.15) is 10.4 Å². The predicted molar refractivity (Wildman–Crippen MR) is 82.0 cm³/mol. The van der Waals surface area contributed by atoms with Crippen LogP contribution in [0.15, 0.2) is 62.9 Å². The molecule has 4 heteroatoms. The summed E-state index contributed by atoms with van der Waals surface area (Å²) in [5, 5.41) is 2.29. The van der Waals surface area contributed by atoms with Crippen molar-refractivity contribution >= 4 is 44.9 Å². The molecule has 0 aliphatic heterocycles. The van der Waals surface area contributed by atoms with Gasteiger partial charge in [0.05, 0.1) is 5.03 Å². The van der Waals surface area contributed by atoms with Gasteiger partial charge in [-0.05, 0) is 30.3 Å². The summed E-state index contributed by atoms with van der Waals surface area (Å²) >= 11 is 5.05. The van der Waals surface area contributed by atoms with Crippen molar-refractivity contribution in [3.8, 4) is 0 Å². The zero-order chi connectivity index (χ0) is 13.2. The number of rotatable bonds is 3. The number of hydrogen-bond acceptors (Lipinski definition) is 2. The molecular formula is C15H10BrNOS. The minimum Gasteiger partial charge on any atom is -0.349 e. The van der Waals surface area contributed by atoms with Crippen LogP contribution in [0.4, 0.5) is 0 Å². The van der Waals surface area contributed by atoms with Crippen LogP contribution in [0.25, 0.3) is 10.9 Å². The van der Waals surface area contributed by atoms with Crippen molar-refractivity contribution in [3.05, 3.63) is 58.6 Å². The Morgan fingerprint density at radius 3 is 2.68 bits per heavy atom. The van der Waals surface area contributed by atoms with Gasteiger partial charge >= 0.3 is 0 Å². The standard InChI is InChI=1S/C15H10BrNOS/c16-13-8-12(6-5-11(13)9-18)19-15-7-10-3-1-2-4-14(10)17-15/h1-9,17H. The first kappa shape index (κ1) is 12.5. The van der Waals surface area contributed by atoms with Crippen LogP contribution in [0.5, 0.6) is 0 Å². The summed E-state index contributed by atoms with van der Waals surface area (Å²) in [5.74, 6) is 0. The van der Waals surface area contributed by atoms with E-state index in [0.29, 0.717) is 5.56 Å². The highest BCUT2D eigenvalue weighted by Crippen LogP contribution is 2.32. The number of para-hydroxylation sites is 1. The Kier molecular flexibility index (Phi) is 3.44. The summed E-state index contributed by atoms with van der Waals surface area (Å²) < 4.78 is 0.823. The lowest BCUT2D eigenvalue weighted by atomic mass is 10.2. The summed E-state index contributed by atoms with van der Waals surface area (Å²) in [6.07, 6.45) is 0.849. The number of halogens is 1. The normalized spacial score (nSPS) is 10.8. The van der Waals surface area contributed by atoms with E-state index in [9.17, 15) is 4.79 Å². The number of carbonyl (C=O) groups excluding carboxylic acids is 1. The fraction of sp³-hybridized carbons (Fsp3) is 0. The lowest BCUT2D eigenvalue weighted by molar-refractivity contribution is 0.112. The van der Waals surface area contributed by atoms with Gasteiger partial charge in [-0.15, -0.1) is 0 Å². The smallest absolute Gasteiger partial charge is 0.151 e. The minimum atomic E-state index is 0.668. The lowest BCUT2D eigenvalue weighted by Gasteiger charge is -2.01. The zero-order valence-electron chi connectivity index (χ0n) is 9.89. The summed E-state index contributed by atoms with van der Waals surface area (Å²) in [6.45, 7) is 0. The van der Waals surface area contributed by atoms with Gasteiger partial charge in [0, 0.05) is 25.8 Å². The third-order valence-corrected chi connectivity index (χ3v) is 4.45. The largest absolute Gasteiger partial charge is 0.349 e. The Bertz CT molecular complexity index is 718. The molecule has 0 amide bonds. The number of aldehydes is 1. The average Bonchev–Trinajstić information content (AvgIpc) is 2.81. The van der Waals surface area contributed by atoms with Gasteiger partial charge in [-0.3, -0.25) is 4.79 Å². The van der Waals surface area contributed by atoms with Crippen molar-refractivity contribution < 1.29 is 4.79 Å². The van der Waals surface area contributed by atoms with Crippen LogP contribution >= 0.6 is 27.7 Å². The van der Waals surface area contributed by atoms with Crippen molar-refractivity contribution in [1.29, 1.82) is 0 Å². The zero-order valence-corrected chi connectivity index (χ0v) is 12.3. The molecule has 0 aliphatic carbocycles. The Labute approximate surface area is 123 Å². The van der Waals surface area contributed by atoms with Crippen LogP contribution in [0.3, 0.4) is 0 Å². The predicted octanol–water partition coefficient (Wildman–Crippen LogP) is 4.89. The van der Waals surface area contributed by atoms with Gasteiger partial charge in [0.1, 0.15) is 0 Å². The molecule has 0 saturated carbocycles. The highest BCUT2D eigenvalue weighted by Gasteiger charge is 2.05. The molecule has 0 saturated heterocycles. The first-order chi connectivity index (χ1) is 9.26. The van der Waals surface area contributed by atoms with E-state index < -0.39 is 0 Å². The van der Waals surface area contributed by atoms with Crippen LogP contribution in [-0.2, 0) is 0 Å². The van der Waals surface area contributed by atoms with E-state index in [4.69, 9.17) is 0 Å². The van der Waals surface area contributed by atoms with Crippen molar-refractivity contribution in [3.63, 3.8) is 0 Å². The Balaban J connectivity index is 1.92. The maximum absolute atomic E-state index is 10.8. The number of hydrogen-bond donors (Lipinski definition) is 1. The van der Waals surface area contributed by atoms with Crippen LogP contribution in [0, 0.1) is 0 Å². The van der Waals surface area contributed by atoms with E-state index in [-0.39, 0.29) is 0 Å². The highest BCUT2D eigenvalue weighted by atomic mass is 79.9. The quantitative estimate of drug-likeness (QED) is 0.693. The van der Waals surface area contributed by atoms with Crippen molar-refractivity contribution in [2.45, 2.75) is 9.92 Å². The van der Waals surface area contributed by atoms with Gasteiger partial charge in [-0.25, -0.2) is 0 Å². The average molecular weight is 332 g/mol. The second kappa shape index (κ2) is 5.23. The fourth-order valence-corrected chi connectivity index (χ4v) is 3.43. The molecule has 3 aromatic rings. The summed E-state index contributed by atoms with van der Waals surface area (Å²) in [7, 11) is 0. The highest BCUT2D eigenvalue weighted by molar-refractivity contribution is 9.10. The molecule has 2 aromatic carbocycles. The van der Waals surface area contributed by atoms with Gasteiger partial charge in [-0.1, -0.05) is 45.9 Å². The van der Waals surface area contributed by atoms with Crippen molar-refractivity contribution in [2.24, 2.45) is 0 Å². The molecule has 0 radical (unpaired) electrons. The van der Waals surface area contributed by atoms with E-state index in [0.717, 1.165) is 26.2 Å². The first-order valence-corrected chi connectivity index (χ1v) is 7.37. The lowest BCUT2D eigenvalue weighted by Crippen LogP contribution is -1.82. The van der Waals surface area contributed by atoms with Gasteiger partial charge in [0.25, 0.3) is 0 Å². The Hall–Kier alpha value is -1.52. The number of fused-ring (bicyclic) bond motifs is 1. The topological polar surface area (TPSA) is 32.9 Å². The van der Waals surface area contributed by atoms with Crippen molar-refractivity contribution in [1.82, 2.24) is 4.98 Å². The number of nitrogens with one attached hydrogen (secondary N) is 1. The van der Waals surface area contributed by atoms with E-state index >= 15 is 0 Å². The van der Waals surface area contributed by atoms with Gasteiger partial charge in [-0.2, -0.15) is 0 Å². The van der Waals surface area contributed by atoms with E-state index in [1.54, 1.807) is 11.8 Å². The second-order valence-electron chi connectivity index (χ2n) is 4.12. The molecule has 19 heavy (non-hydrogen) atoms. The maximum Gasteiger partial charge on any atom is 0.151 e. The summed E-state index contributed by atoms with van der Waals surface area (Å²) in [5.41, 5.74) is 1.80. The van der Waals surface area contributed by atoms with Crippen LogP contribution in [0.2, 0.25) is 0 Å². The maximum atomic E-state index is 10.8. The Morgan fingerprint density at radius 1 is 1.11 bits per heavy atom. The summed E-state index contributed by atoms with van der Waals surface area (Å²) in [6, 6.07) is 16.0. The number of benzene rings is 2. The molecule has 3 rings (SSSR count). The van der Waals surface area contributed by atoms with Crippen LogP contribution in [-0.4, -0.2) is 11.3 Å². The Morgan fingerprint density at radius 2 is 1.95 bits per heavy atom. The molecule has 2 nitrogen and oxygen atoms in total. The molecule has 0 atom stereocenters. The summed E-state index contributed by atoms with van der Waals surface area (Å²) in [4.78, 5) is 15.2. The van der Waals surface area contributed by atoms with E-state index in [2.05, 4.69) is 39.1 Å². The third kappa shape index (κ3) is 2.60. The monoisotopic (exact) mass is 331 g/mol. The number of H-pyrrole nitrogens is 1. The molecule has 0 fully saturated rings. The molecule has 0 aliphatic rings. The molecule has 1 N–H and O–H groups in total. The number of aromatic nitrogens is 1. The first-order valence-electron chi connectivity index (χ1n) is 5.76. The third-order valence-electron chi connectivity index (χ3n) is 2.83. The van der Waals surface area contributed by atoms with Crippen LogP contribution < -0.4 is 0 Å². The van der Waals surface area contributed by atoms with E-state index in [1.807, 2.05) is 30.3 Å².